The molecule has 1 N–H and O–H groups in total. The third-order valence-electron chi connectivity index (χ3n) is 5.06. The molecule has 0 atom stereocenters. The molecule has 0 bridgehead atoms. The third kappa shape index (κ3) is 4.50. The Morgan fingerprint density at radius 3 is 2.69 bits per heavy atom. The van der Waals surface area contributed by atoms with E-state index >= 15 is 0 Å². The molecule has 4 rings (SSSR count). The smallest absolute Gasteiger partial charge is 0.316 e. The molecule has 0 radical (unpaired) electrons. The molecule has 4 aromatic rings. The molecule has 0 amide bonds. The van der Waals surface area contributed by atoms with E-state index in [2.05, 4.69) is 15.4 Å². The molecular formula is C23H21ClFN5O2. The van der Waals surface area contributed by atoms with Crippen molar-refractivity contribution in [3.05, 3.63) is 87.2 Å². The summed E-state index contributed by atoms with van der Waals surface area (Å²) in [5.41, 5.74) is 3.74. The van der Waals surface area contributed by atoms with Crippen molar-refractivity contribution in [1.82, 2.24) is 19.3 Å². The normalized spacial score (nSPS) is 10.9. The first-order valence-electron chi connectivity index (χ1n) is 9.80. The molecular weight excluding hydrogens is 433 g/mol. The highest BCUT2D eigenvalue weighted by molar-refractivity contribution is 6.30. The minimum absolute atomic E-state index is 0.0819. The molecule has 0 aliphatic rings. The van der Waals surface area contributed by atoms with E-state index in [9.17, 15) is 9.18 Å². The average Bonchev–Trinajstić information content (AvgIpc) is 3.16. The Balaban J connectivity index is 1.76. The lowest BCUT2D eigenvalue weighted by Gasteiger charge is -2.17. The third-order valence-corrected chi connectivity index (χ3v) is 5.28. The van der Waals surface area contributed by atoms with Crippen LogP contribution in [0.4, 0.5) is 16.0 Å². The van der Waals surface area contributed by atoms with Gasteiger partial charge in [-0.1, -0.05) is 23.7 Å². The maximum absolute atomic E-state index is 13.8. The number of nitrogens with zero attached hydrogens (tertiary/aromatic N) is 4. The van der Waals surface area contributed by atoms with Gasteiger partial charge in [-0.3, -0.25) is 9.48 Å². The molecule has 164 valence electrons. The van der Waals surface area contributed by atoms with Gasteiger partial charge in [-0.25, -0.2) is 4.39 Å². The number of hydrogen-bond acceptors (Lipinski definition) is 5. The zero-order chi connectivity index (χ0) is 22.8. The van der Waals surface area contributed by atoms with E-state index in [4.69, 9.17) is 16.3 Å². The minimum atomic E-state index is -0.510. The molecule has 2 aromatic heterocycles. The van der Waals surface area contributed by atoms with Crippen molar-refractivity contribution in [2.75, 3.05) is 12.4 Å². The summed E-state index contributed by atoms with van der Waals surface area (Å²) in [6.07, 6.45) is 3.27. The van der Waals surface area contributed by atoms with E-state index in [1.54, 1.807) is 21.5 Å². The van der Waals surface area contributed by atoms with Gasteiger partial charge in [0.25, 0.3) is 0 Å². The van der Waals surface area contributed by atoms with Crippen LogP contribution in [0.25, 0.3) is 11.3 Å². The van der Waals surface area contributed by atoms with Gasteiger partial charge in [0, 0.05) is 29.5 Å². The molecule has 0 fully saturated rings. The van der Waals surface area contributed by atoms with E-state index in [1.807, 2.05) is 38.2 Å². The van der Waals surface area contributed by atoms with Crippen LogP contribution >= 0.6 is 11.6 Å². The summed E-state index contributed by atoms with van der Waals surface area (Å²) < 4.78 is 22.5. The zero-order valence-electron chi connectivity index (χ0n) is 17.8. The van der Waals surface area contributed by atoms with Crippen molar-refractivity contribution < 1.29 is 9.13 Å². The molecule has 9 heteroatoms. The van der Waals surface area contributed by atoms with Crippen molar-refractivity contribution in [3.8, 4) is 17.0 Å². The summed E-state index contributed by atoms with van der Waals surface area (Å²) in [5.74, 6) is -0.0671. The van der Waals surface area contributed by atoms with Crippen LogP contribution in [-0.2, 0) is 13.6 Å². The maximum atomic E-state index is 13.8. The standard InChI is InChI=1S/C23H21ClFN5O2/c1-14-4-5-16(20-6-7-26-29(20)2)10-19(14)27-23-28-22(31)21(32-3)13-30(23)12-15-8-17(24)11-18(25)9-15/h4-11,13H,12H2,1-3H3,(H,27,28,31). The van der Waals surface area contributed by atoms with Gasteiger partial charge in [0.1, 0.15) is 5.82 Å². The number of benzene rings is 2. The van der Waals surface area contributed by atoms with Crippen LogP contribution in [0.5, 0.6) is 5.75 Å². The van der Waals surface area contributed by atoms with E-state index in [-0.39, 0.29) is 17.3 Å². The quantitative estimate of drug-likeness (QED) is 0.463. The first-order valence-corrected chi connectivity index (χ1v) is 10.2. The number of halogens is 2. The minimum Gasteiger partial charge on any atom is -0.490 e. The highest BCUT2D eigenvalue weighted by Gasteiger charge is 2.13. The SMILES string of the molecule is COc1cn(Cc2cc(F)cc(Cl)c2)c(Nc2cc(-c3ccnn3C)ccc2C)nc1=O. The second-order valence-corrected chi connectivity index (χ2v) is 7.77. The Labute approximate surface area is 189 Å². The van der Waals surface area contributed by atoms with E-state index in [0.29, 0.717) is 11.5 Å². The molecule has 0 aliphatic carbocycles. The molecule has 2 heterocycles. The topological polar surface area (TPSA) is 74.0 Å². The van der Waals surface area contributed by atoms with Crippen molar-refractivity contribution in [2.45, 2.75) is 13.5 Å². The van der Waals surface area contributed by atoms with E-state index in [0.717, 1.165) is 22.5 Å². The predicted octanol–water partition coefficient (Wildman–Crippen LogP) is 4.55. The summed E-state index contributed by atoms with van der Waals surface area (Å²) in [5, 5.41) is 7.75. The number of aromatic nitrogens is 4. The number of nitrogens with one attached hydrogen (secondary N) is 1. The first kappa shape index (κ1) is 21.6. The zero-order valence-corrected chi connectivity index (χ0v) is 18.5. The van der Waals surface area contributed by atoms with Crippen molar-refractivity contribution in [2.24, 2.45) is 7.05 Å². The van der Waals surface area contributed by atoms with Crippen LogP contribution in [0.3, 0.4) is 0 Å². The maximum Gasteiger partial charge on any atom is 0.316 e. The van der Waals surface area contributed by atoms with Crippen LogP contribution in [-0.4, -0.2) is 26.4 Å². The van der Waals surface area contributed by atoms with E-state index in [1.165, 1.54) is 25.4 Å². The van der Waals surface area contributed by atoms with Crippen LogP contribution in [0.1, 0.15) is 11.1 Å². The summed E-state index contributed by atoms with van der Waals surface area (Å²) in [6, 6.07) is 12.1. The van der Waals surface area contributed by atoms with Crippen LogP contribution in [0.2, 0.25) is 5.02 Å². The Morgan fingerprint density at radius 2 is 2.00 bits per heavy atom. The number of aryl methyl sites for hydroxylation is 2. The number of ether oxygens (including phenoxy) is 1. The molecule has 0 unspecified atom stereocenters. The second-order valence-electron chi connectivity index (χ2n) is 7.34. The van der Waals surface area contributed by atoms with Crippen LogP contribution in [0, 0.1) is 12.7 Å². The lowest BCUT2D eigenvalue weighted by molar-refractivity contribution is 0.402. The van der Waals surface area contributed by atoms with Crippen molar-refractivity contribution in [1.29, 1.82) is 0 Å². The molecule has 0 saturated carbocycles. The first-order chi connectivity index (χ1) is 15.3. The fourth-order valence-corrected chi connectivity index (χ4v) is 3.67. The lowest BCUT2D eigenvalue weighted by Crippen LogP contribution is -2.19. The molecule has 0 spiro atoms. The van der Waals surface area contributed by atoms with E-state index < -0.39 is 11.4 Å². The largest absolute Gasteiger partial charge is 0.490 e. The number of rotatable bonds is 6. The van der Waals surface area contributed by atoms with Crippen LogP contribution in [0.15, 0.2) is 59.7 Å². The van der Waals surface area contributed by atoms with Gasteiger partial charge in [0.2, 0.25) is 11.7 Å². The van der Waals surface area contributed by atoms with Gasteiger partial charge in [-0.05, 0) is 48.4 Å². The van der Waals surface area contributed by atoms with Gasteiger partial charge in [-0.2, -0.15) is 10.1 Å². The van der Waals surface area contributed by atoms with Gasteiger partial charge in [0.05, 0.1) is 25.5 Å². The highest BCUT2D eigenvalue weighted by atomic mass is 35.5. The Kier molecular flexibility index (Phi) is 5.96. The lowest BCUT2D eigenvalue weighted by atomic mass is 10.1. The number of methoxy groups -OCH3 is 1. The van der Waals surface area contributed by atoms with Crippen LogP contribution < -0.4 is 15.6 Å². The molecule has 0 aliphatic heterocycles. The summed E-state index contributed by atoms with van der Waals surface area (Å²) >= 11 is 6.01. The Morgan fingerprint density at radius 1 is 1.19 bits per heavy atom. The fourth-order valence-electron chi connectivity index (χ4n) is 3.43. The van der Waals surface area contributed by atoms with Gasteiger partial charge >= 0.3 is 5.56 Å². The fraction of sp³-hybridized carbons (Fsp3) is 0.174. The Bertz CT molecular complexity index is 1330. The number of anilines is 2. The van der Waals surface area contributed by atoms with Gasteiger partial charge in [-0.15, -0.1) is 0 Å². The van der Waals surface area contributed by atoms with Crippen molar-refractivity contribution in [3.63, 3.8) is 0 Å². The van der Waals surface area contributed by atoms with Crippen molar-refractivity contribution >= 4 is 23.2 Å². The summed E-state index contributed by atoms with van der Waals surface area (Å²) in [4.78, 5) is 16.5. The summed E-state index contributed by atoms with van der Waals surface area (Å²) in [6.45, 7) is 2.18. The molecule has 32 heavy (non-hydrogen) atoms. The molecule has 2 aromatic carbocycles. The monoisotopic (exact) mass is 453 g/mol. The average molecular weight is 454 g/mol. The highest BCUT2D eigenvalue weighted by Crippen LogP contribution is 2.27. The van der Waals surface area contributed by atoms with Gasteiger partial charge < -0.3 is 14.6 Å². The molecule has 0 saturated heterocycles. The predicted molar refractivity (Wildman–Crippen MR) is 122 cm³/mol. The number of hydrogen-bond donors (Lipinski definition) is 1. The molecule has 7 nitrogen and oxygen atoms in total. The van der Waals surface area contributed by atoms with Gasteiger partial charge in [0.15, 0.2) is 0 Å². The second kappa shape index (κ2) is 8.84. The summed E-state index contributed by atoms with van der Waals surface area (Å²) in [7, 11) is 3.27. The Hall–Kier alpha value is -3.65.